The zero-order valence-corrected chi connectivity index (χ0v) is 9.63. The lowest BCUT2D eigenvalue weighted by molar-refractivity contribution is 0.0695. The second-order valence-corrected chi connectivity index (χ2v) is 4.11. The number of aryl methyl sites for hydroxylation is 1. The van der Waals surface area contributed by atoms with Crippen LogP contribution in [0.25, 0.3) is 0 Å². The van der Waals surface area contributed by atoms with Gasteiger partial charge in [0.15, 0.2) is 0 Å². The van der Waals surface area contributed by atoms with Gasteiger partial charge >= 0.3 is 5.97 Å². The lowest BCUT2D eigenvalue weighted by Crippen LogP contribution is -2.36. The fraction of sp³-hybridized carbons (Fsp3) is 0.417. The summed E-state index contributed by atoms with van der Waals surface area (Å²) in [5.74, 6) is 2.58. The highest BCUT2D eigenvalue weighted by atomic mass is 16.4. The first-order valence-corrected chi connectivity index (χ1v) is 4.91. The van der Waals surface area contributed by atoms with E-state index in [0.717, 1.165) is 0 Å². The highest BCUT2D eigenvalue weighted by Gasteiger charge is 2.16. The molecule has 0 saturated heterocycles. The van der Waals surface area contributed by atoms with E-state index < -0.39 is 11.5 Å². The van der Waals surface area contributed by atoms with E-state index in [1.54, 1.807) is 6.92 Å². The molecule has 0 atom stereocenters. The number of furan rings is 1. The van der Waals surface area contributed by atoms with Crippen molar-refractivity contribution in [3.05, 3.63) is 23.2 Å². The smallest absolute Gasteiger partial charge is 0.339 e. The summed E-state index contributed by atoms with van der Waals surface area (Å²) in [4.78, 5) is 10.8. The van der Waals surface area contributed by atoms with Gasteiger partial charge in [-0.25, -0.2) is 4.79 Å². The second kappa shape index (κ2) is 4.42. The highest BCUT2D eigenvalue weighted by Crippen LogP contribution is 2.15. The van der Waals surface area contributed by atoms with Crippen LogP contribution in [0.4, 0.5) is 0 Å². The van der Waals surface area contributed by atoms with Crippen LogP contribution in [-0.4, -0.2) is 16.6 Å². The molecule has 4 nitrogen and oxygen atoms in total. The molecule has 0 fully saturated rings. The van der Waals surface area contributed by atoms with Crippen molar-refractivity contribution in [1.29, 1.82) is 0 Å². The molecule has 1 aromatic heterocycles. The van der Waals surface area contributed by atoms with E-state index in [9.17, 15) is 4.79 Å². The fourth-order valence-corrected chi connectivity index (χ4v) is 1.20. The number of nitrogens with one attached hydrogen (secondary N) is 1. The summed E-state index contributed by atoms with van der Waals surface area (Å²) in [6.07, 6.45) is 5.32. The Balaban J connectivity index is 2.74. The third-order valence-corrected chi connectivity index (χ3v) is 2.26. The topological polar surface area (TPSA) is 62.5 Å². The lowest BCUT2D eigenvalue weighted by atomic mass is 10.1. The first-order valence-electron chi connectivity index (χ1n) is 4.91. The maximum atomic E-state index is 10.8. The summed E-state index contributed by atoms with van der Waals surface area (Å²) in [5, 5.41) is 11.9. The van der Waals surface area contributed by atoms with Gasteiger partial charge in [0.2, 0.25) is 0 Å². The SMILES string of the molecule is C#CC(C)(C)NCc1cc(C(=O)O)c(C)o1. The minimum Gasteiger partial charge on any atom is -0.478 e. The molecule has 2 N–H and O–H groups in total. The summed E-state index contributed by atoms with van der Waals surface area (Å²) in [7, 11) is 0. The minimum atomic E-state index is -0.983. The summed E-state index contributed by atoms with van der Waals surface area (Å²) in [6, 6.07) is 1.51. The van der Waals surface area contributed by atoms with E-state index in [1.165, 1.54) is 6.07 Å². The summed E-state index contributed by atoms with van der Waals surface area (Å²) in [6.45, 7) is 5.76. The van der Waals surface area contributed by atoms with Crippen molar-refractivity contribution >= 4 is 5.97 Å². The third-order valence-electron chi connectivity index (χ3n) is 2.26. The Morgan fingerprint density at radius 3 is 2.75 bits per heavy atom. The van der Waals surface area contributed by atoms with Gasteiger partial charge in [-0.3, -0.25) is 5.32 Å². The van der Waals surface area contributed by atoms with Gasteiger partial charge in [0.05, 0.1) is 12.1 Å². The van der Waals surface area contributed by atoms with Crippen LogP contribution >= 0.6 is 0 Å². The van der Waals surface area contributed by atoms with Crippen LogP contribution in [0.3, 0.4) is 0 Å². The molecule has 0 unspecified atom stereocenters. The van der Waals surface area contributed by atoms with Crippen molar-refractivity contribution in [3.63, 3.8) is 0 Å². The van der Waals surface area contributed by atoms with Gasteiger partial charge in [-0.2, -0.15) is 0 Å². The average Bonchev–Trinajstić information content (AvgIpc) is 2.57. The van der Waals surface area contributed by atoms with E-state index in [-0.39, 0.29) is 5.56 Å². The molecular weight excluding hydrogens is 206 g/mol. The zero-order valence-electron chi connectivity index (χ0n) is 9.63. The van der Waals surface area contributed by atoms with E-state index >= 15 is 0 Å². The summed E-state index contributed by atoms with van der Waals surface area (Å²) < 4.78 is 5.30. The predicted octanol–water partition coefficient (Wildman–Crippen LogP) is 1.79. The number of carbonyl (C=O) groups is 1. The molecule has 1 rings (SSSR count). The van der Waals surface area contributed by atoms with Crippen LogP contribution in [0, 0.1) is 19.3 Å². The Kier molecular flexibility index (Phi) is 3.41. The predicted molar refractivity (Wildman–Crippen MR) is 60.2 cm³/mol. The molecule has 4 heteroatoms. The van der Waals surface area contributed by atoms with Crippen LogP contribution in [0.5, 0.6) is 0 Å². The van der Waals surface area contributed by atoms with Crippen LogP contribution in [0.1, 0.15) is 35.7 Å². The van der Waals surface area contributed by atoms with Crippen molar-refractivity contribution in [1.82, 2.24) is 5.32 Å². The third kappa shape index (κ3) is 2.88. The molecule has 0 aromatic carbocycles. The molecule has 0 aliphatic carbocycles. The monoisotopic (exact) mass is 221 g/mol. The molecule has 0 aliphatic heterocycles. The van der Waals surface area contributed by atoms with Gasteiger partial charge in [0.25, 0.3) is 0 Å². The van der Waals surface area contributed by atoms with Crippen molar-refractivity contribution < 1.29 is 14.3 Å². The summed E-state index contributed by atoms with van der Waals surface area (Å²) in [5.41, 5.74) is -0.250. The number of hydrogen-bond acceptors (Lipinski definition) is 3. The molecule has 0 aliphatic rings. The van der Waals surface area contributed by atoms with Gasteiger partial charge in [-0.05, 0) is 26.8 Å². The number of rotatable bonds is 4. The second-order valence-electron chi connectivity index (χ2n) is 4.11. The highest BCUT2D eigenvalue weighted by molar-refractivity contribution is 5.88. The summed E-state index contributed by atoms with van der Waals surface area (Å²) >= 11 is 0. The standard InChI is InChI=1S/C12H15NO3/c1-5-12(3,4)13-7-9-6-10(11(14)15)8(2)16-9/h1,6,13H,7H2,2-4H3,(H,14,15). The molecular formula is C12H15NO3. The Hall–Kier alpha value is -1.73. The molecule has 1 heterocycles. The molecule has 86 valence electrons. The van der Waals surface area contributed by atoms with Gasteiger partial charge in [0, 0.05) is 0 Å². The number of aromatic carboxylic acids is 1. The van der Waals surface area contributed by atoms with E-state index in [4.69, 9.17) is 15.9 Å². The Morgan fingerprint density at radius 2 is 2.31 bits per heavy atom. The normalized spacial score (nSPS) is 11.1. The van der Waals surface area contributed by atoms with Crippen molar-refractivity contribution in [2.45, 2.75) is 32.9 Å². The maximum Gasteiger partial charge on any atom is 0.339 e. The van der Waals surface area contributed by atoms with Crippen LogP contribution in [0.15, 0.2) is 10.5 Å². The molecule has 1 aromatic rings. The van der Waals surface area contributed by atoms with Crippen molar-refractivity contribution in [3.8, 4) is 12.3 Å². The van der Waals surface area contributed by atoms with E-state index in [0.29, 0.717) is 18.1 Å². The molecule has 16 heavy (non-hydrogen) atoms. The van der Waals surface area contributed by atoms with Gasteiger partial charge < -0.3 is 9.52 Å². The van der Waals surface area contributed by atoms with Crippen LogP contribution < -0.4 is 5.32 Å². The van der Waals surface area contributed by atoms with Crippen molar-refractivity contribution in [2.24, 2.45) is 0 Å². The van der Waals surface area contributed by atoms with Gasteiger partial charge in [-0.1, -0.05) is 5.92 Å². The number of carboxylic acids is 1. The van der Waals surface area contributed by atoms with Gasteiger partial charge in [0.1, 0.15) is 17.1 Å². The van der Waals surface area contributed by atoms with Gasteiger partial charge in [-0.15, -0.1) is 6.42 Å². The largest absolute Gasteiger partial charge is 0.478 e. The first-order chi connectivity index (χ1) is 7.35. The van der Waals surface area contributed by atoms with Crippen LogP contribution in [-0.2, 0) is 6.54 Å². The number of carboxylic acid groups (broad SMARTS) is 1. The molecule has 0 bridgehead atoms. The van der Waals surface area contributed by atoms with Crippen LogP contribution in [0.2, 0.25) is 0 Å². The zero-order chi connectivity index (χ0) is 12.3. The Bertz CT molecular complexity index is 438. The molecule has 0 amide bonds. The first kappa shape index (κ1) is 12.3. The molecule has 0 radical (unpaired) electrons. The average molecular weight is 221 g/mol. The Labute approximate surface area is 94.7 Å². The fourth-order valence-electron chi connectivity index (χ4n) is 1.20. The number of terminal acetylenes is 1. The lowest BCUT2D eigenvalue weighted by Gasteiger charge is -2.18. The minimum absolute atomic E-state index is 0.190. The van der Waals surface area contributed by atoms with E-state index in [2.05, 4.69) is 11.2 Å². The maximum absolute atomic E-state index is 10.8. The number of hydrogen-bond donors (Lipinski definition) is 2. The van der Waals surface area contributed by atoms with Crippen molar-refractivity contribution in [2.75, 3.05) is 0 Å². The quantitative estimate of drug-likeness (QED) is 0.761. The molecule has 0 saturated carbocycles. The Morgan fingerprint density at radius 1 is 1.69 bits per heavy atom. The van der Waals surface area contributed by atoms with E-state index in [1.807, 2.05) is 13.8 Å². The molecule has 0 spiro atoms.